The van der Waals surface area contributed by atoms with Crippen molar-refractivity contribution in [3.63, 3.8) is 0 Å². The van der Waals surface area contributed by atoms with Crippen molar-refractivity contribution < 1.29 is 10.9 Å². The van der Waals surface area contributed by atoms with Gasteiger partial charge in [-0.3, -0.25) is 4.79 Å². The molecule has 2 nitrogen and oxygen atoms in total. The lowest BCUT2D eigenvalue weighted by molar-refractivity contribution is -0.141. The molecule has 0 bridgehead atoms. The molecule has 0 fully saturated rings. The topological polar surface area (TPSA) is 26.3 Å². The standard InChI is InChI=1S/C6H12O2/c1-3-4-5-8-6(2)7/h3-5H2,1-2H3/i1T. The maximum absolute atomic E-state index is 10.1. The molecule has 0 amide bonds. The van der Waals surface area contributed by atoms with Crippen molar-refractivity contribution in [2.75, 3.05) is 6.61 Å². The summed E-state index contributed by atoms with van der Waals surface area (Å²) < 4.78 is 11.4. The van der Waals surface area contributed by atoms with Gasteiger partial charge in [-0.05, 0) is 6.42 Å². The summed E-state index contributed by atoms with van der Waals surface area (Å²) in [5, 5.41) is 0. The summed E-state index contributed by atoms with van der Waals surface area (Å²) in [6, 6.07) is 0. The van der Waals surface area contributed by atoms with Crippen molar-refractivity contribution in [1.29, 1.82) is 0 Å². The van der Waals surface area contributed by atoms with E-state index < -0.39 is 0 Å². The van der Waals surface area contributed by atoms with Gasteiger partial charge in [0.1, 0.15) is 0 Å². The maximum Gasteiger partial charge on any atom is 0.302 e. The molecular weight excluding hydrogens is 104 g/mol. The molecule has 0 aliphatic carbocycles. The van der Waals surface area contributed by atoms with E-state index in [1.807, 2.05) is 0 Å². The van der Waals surface area contributed by atoms with Gasteiger partial charge in [0.15, 0.2) is 0 Å². The molecule has 0 spiro atoms. The monoisotopic (exact) mass is 118 g/mol. The average molecular weight is 118 g/mol. The van der Waals surface area contributed by atoms with Crippen LogP contribution in [-0.2, 0) is 9.53 Å². The first-order chi connectivity index (χ1) is 4.27. The first-order valence-electron chi connectivity index (χ1n) is 3.40. The Morgan fingerprint density at radius 3 is 3.12 bits per heavy atom. The van der Waals surface area contributed by atoms with Crippen LogP contribution in [0.1, 0.15) is 28.0 Å². The number of rotatable bonds is 3. The Balaban J connectivity index is 2.83. The van der Waals surface area contributed by atoms with Crippen LogP contribution in [0.4, 0.5) is 0 Å². The highest BCUT2D eigenvalue weighted by Crippen LogP contribution is 1.86. The highest BCUT2D eigenvalue weighted by atomic mass is 16.5. The van der Waals surface area contributed by atoms with Crippen molar-refractivity contribution >= 4 is 5.97 Å². The quantitative estimate of drug-likeness (QED) is 0.413. The van der Waals surface area contributed by atoms with Gasteiger partial charge in [-0.2, -0.15) is 0 Å². The smallest absolute Gasteiger partial charge is 0.302 e. The zero-order valence-corrected chi connectivity index (χ0v) is 5.14. The Hall–Kier alpha value is -0.530. The normalized spacial score (nSPS) is 10.4. The summed E-state index contributed by atoms with van der Waals surface area (Å²) in [5.41, 5.74) is 0. The molecule has 0 aromatic rings. The van der Waals surface area contributed by atoms with Gasteiger partial charge < -0.3 is 4.74 Å². The third kappa shape index (κ3) is 5.47. The number of carbonyl (C=O) groups excluding carboxylic acids is 1. The number of ether oxygens (including phenoxy) is 1. The van der Waals surface area contributed by atoms with Gasteiger partial charge in [-0.25, -0.2) is 0 Å². The molecule has 0 saturated heterocycles. The van der Waals surface area contributed by atoms with E-state index in [2.05, 4.69) is 4.74 Å². The molecule has 0 N–H and O–H groups in total. The van der Waals surface area contributed by atoms with Gasteiger partial charge in [-0.15, -0.1) is 0 Å². The van der Waals surface area contributed by atoms with Crippen molar-refractivity contribution in [3.8, 4) is 0 Å². The number of hydrogen-bond acceptors (Lipinski definition) is 2. The van der Waals surface area contributed by atoms with E-state index in [4.69, 9.17) is 1.37 Å². The van der Waals surface area contributed by atoms with Crippen molar-refractivity contribution in [1.82, 2.24) is 0 Å². The van der Waals surface area contributed by atoms with E-state index in [0.29, 0.717) is 13.5 Å². The summed E-state index contributed by atoms with van der Waals surface area (Å²) in [5.74, 6) is -0.236. The van der Waals surface area contributed by atoms with E-state index in [1.54, 1.807) is 0 Å². The molecule has 0 unspecified atom stereocenters. The molecule has 0 atom stereocenters. The lowest BCUT2D eigenvalue weighted by Crippen LogP contribution is -1.99. The number of hydrogen-bond donors (Lipinski definition) is 0. The van der Waals surface area contributed by atoms with Gasteiger partial charge in [0, 0.05) is 8.29 Å². The van der Waals surface area contributed by atoms with Crippen LogP contribution in [0, 0.1) is 0 Å². The zero-order valence-electron chi connectivity index (χ0n) is 6.14. The second-order valence-corrected chi connectivity index (χ2v) is 1.55. The third-order valence-electron chi connectivity index (χ3n) is 0.700. The van der Waals surface area contributed by atoms with Crippen LogP contribution in [0.25, 0.3) is 0 Å². The Kier molecular flexibility index (Phi) is 3.24. The van der Waals surface area contributed by atoms with E-state index >= 15 is 0 Å². The minimum atomic E-state index is -0.236. The van der Waals surface area contributed by atoms with E-state index in [-0.39, 0.29) is 5.97 Å². The lowest BCUT2D eigenvalue weighted by atomic mass is 10.4. The second kappa shape index (κ2) is 4.62. The first kappa shape index (κ1) is 5.60. The number of carbonyl (C=O) groups is 1. The van der Waals surface area contributed by atoms with Gasteiger partial charge >= 0.3 is 5.97 Å². The predicted octanol–water partition coefficient (Wildman–Crippen LogP) is 1.35. The largest absolute Gasteiger partial charge is 0.466 e. The van der Waals surface area contributed by atoms with Crippen LogP contribution in [0.3, 0.4) is 0 Å². The van der Waals surface area contributed by atoms with Crippen LogP contribution in [0.2, 0.25) is 0 Å². The molecule has 0 radical (unpaired) electrons. The summed E-state index contributed by atoms with van der Waals surface area (Å²) >= 11 is 0. The van der Waals surface area contributed by atoms with E-state index in [1.165, 1.54) is 6.92 Å². The fraction of sp³-hybridized carbons (Fsp3) is 0.833. The van der Waals surface area contributed by atoms with Crippen LogP contribution < -0.4 is 0 Å². The molecule has 0 heterocycles. The average Bonchev–Trinajstić information content (AvgIpc) is 1.80. The molecular formula is C6H12O2. The molecule has 0 aliphatic heterocycles. The highest BCUT2D eigenvalue weighted by molar-refractivity contribution is 5.65. The predicted molar refractivity (Wildman–Crippen MR) is 31.5 cm³/mol. The molecule has 0 aromatic carbocycles. The lowest BCUT2D eigenvalue weighted by Gasteiger charge is -1.96. The summed E-state index contributed by atoms with van der Waals surface area (Å²) in [4.78, 5) is 10.1. The number of unbranched alkanes of at least 4 members (excludes halogenated alkanes) is 1. The zero-order chi connectivity index (χ0) is 7.11. The summed E-state index contributed by atoms with van der Waals surface area (Å²) in [6.07, 6.45) is 1.62. The minimum absolute atomic E-state index is 0.236. The van der Waals surface area contributed by atoms with Gasteiger partial charge in [0.25, 0.3) is 0 Å². The van der Waals surface area contributed by atoms with E-state index in [0.717, 1.165) is 12.8 Å². The fourth-order valence-electron chi connectivity index (χ4n) is 0.318. The number of esters is 1. The van der Waals surface area contributed by atoms with Crippen molar-refractivity contribution in [2.24, 2.45) is 0 Å². The Morgan fingerprint density at radius 1 is 1.88 bits per heavy atom. The first-order valence-corrected chi connectivity index (χ1v) is 2.70. The van der Waals surface area contributed by atoms with Gasteiger partial charge in [0.05, 0.1) is 6.61 Å². The van der Waals surface area contributed by atoms with Gasteiger partial charge in [-0.1, -0.05) is 13.3 Å². The maximum atomic E-state index is 10.1. The third-order valence-corrected chi connectivity index (χ3v) is 0.700. The molecule has 48 valence electrons. The molecule has 0 rings (SSSR count). The van der Waals surface area contributed by atoms with Crippen LogP contribution in [-0.4, -0.2) is 12.6 Å². The molecule has 2 heteroatoms. The second-order valence-electron chi connectivity index (χ2n) is 1.55. The molecule has 0 aliphatic rings. The Labute approximate surface area is 51.2 Å². The van der Waals surface area contributed by atoms with E-state index in [9.17, 15) is 4.79 Å². The molecule has 0 saturated carbocycles. The van der Waals surface area contributed by atoms with Crippen LogP contribution in [0.5, 0.6) is 0 Å². The van der Waals surface area contributed by atoms with Crippen molar-refractivity contribution in [2.45, 2.75) is 26.7 Å². The molecule has 0 aromatic heterocycles. The summed E-state index contributed by atoms with van der Waals surface area (Å²) in [7, 11) is 0. The van der Waals surface area contributed by atoms with Gasteiger partial charge in [0.2, 0.25) is 0 Å². The molecule has 8 heavy (non-hydrogen) atoms. The minimum Gasteiger partial charge on any atom is -0.466 e. The Morgan fingerprint density at radius 2 is 2.62 bits per heavy atom. The van der Waals surface area contributed by atoms with Crippen molar-refractivity contribution in [3.05, 3.63) is 0 Å². The fourth-order valence-corrected chi connectivity index (χ4v) is 0.318. The van der Waals surface area contributed by atoms with Crippen LogP contribution in [0.15, 0.2) is 0 Å². The highest BCUT2D eigenvalue weighted by Gasteiger charge is 1.88. The van der Waals surface area contributed by atoms with Crippen LogP contribution >= 0.6 is 0 Å². The SMILES string of the molecule is [3H]CCCCOC(C)=O. The summed E-state index contributed by atoms with van der Waals surface area (Å²) in [6.45, 7) is 2.27. The Bertz CT molecular complexity index is 83.1.